The number of benzene rings is 2. The Hall–Kier alpha value is -2.39. The van der Waals surface area contributed by atoms with Crippen molar-refractivity contribution in [3.63, 3.8) is 0 Å². The maximum absolute atomic E-state index is 14.5. The molecule has 162 valence electrons. The average molecular weight is 411 g/mol. The van der Waals surface area contributed by atoms with Gasteiger partial charge >= 0.3 is 0 Å². The van der Waals surface area contributed by atoms with Crippen LogP contribution in [0, 0.1) is 5.82 Å². The highest BCUT2D eigenvalue weighted by Gasteiger charge is 2.04. The minimum absolute atomic E-state index is 0.205. The fourth-order valence-corrected chi connectivity index (χ4v) is 3.19. The summed E-state index contributed by atoms with van der Waals surface area (Å²) in [5, 5.41) is 0. The molecule has 0 fully saturated rings. The monoisotopic (exact) mass is 410 g/mol. The topological polar surface area (TPSA) is 18.5 Å². The molecular weight excluding hydrogens is 375 g/mol. The van der Waals surface area contributed by atoms with E-state index in [1.807, 2.05) is 48.6 Å². The molecule has 0 aliphatic carbocycles. The molecular formula is C27H35FO2. The van der Waals surface area contributed by atoms with Gasteiger partial charge in [-0.05, 0) is 61.9 Å². The first-order valence-corrected chi connectivity index (χ1v) is 11.1. The average Bonchev–Trinajstić information content (AvgIpc) is 2.76. The predicted octanol–water partition coefficient (Wildman–Crippen LogP) is 7.84. The van der Waals surface area contributed by atoms with Crippen LogP contribution < -0.4 is 4.74 Å². The lowest BCUT2D eigenvalue weighted by Gasteiger charge is -2.12. The van der Waals surface area contributed by atoms with E-state index in [2.05, 4.69) is 20.4 Å². The van der Waals surface area contributed by atoms with Crippen molar-refractivity contribution < 1.29 is 13.9 Å². The second-order valence-electron chi connectivity index (χ2n) is 7.58. The number of hydrogen-bond acceptors (Lipinski definition) is 2. The number of ether oxygens (including phenoxy) is 2. The summed E-state index contributed by atoms with van der Waals surface area (Å²) in [6, 6.07) is 13.0. The molecule has 0 saturated heterocycles. The quantitative estimate of drug-likeness (QED) is 0.233. The van der Waals surface area contributed by atoms with Gasteiger partial charge in [-0.1, -0.05) is 68.8 Å². The van der Waals surface area contributed by atoms with E-state index < -0.39 is 0 Å². The summed E-state index contributed by atoms with van der Waals surface area (Å²) in [6.45, 7) is 9.29. The Morgan fingerprint density at radius 3 is 2.50 bits per heavy atom. The van der Waals surface area contributed by atoms with E-state index in [4.69, 9.17) is 9.47 Å². The third-order valence-electron chi connectivity index (χ3n) is 4.99. The Kier molecular flexibility index (Phi) is 11.0. The Bertz CT molecular complexity index is 780. The molecule has 0 aromatic heterocycles. The summed E-state index contributed by atoms with van der Waals surface area (Å²) in [5.41, 5.74) is 2.44. The molecule has 0 radical (unpaired) electrons. The van der Waals surface area contributed by atoms with Crippen LogP contribution in [0.15, 0.2) is 61.2 Å². The van der Waals surface area contributed by atoms with Crippen molar-refractivity contribution >= 4 is 6.08 Å². The molecule has 0 spiro atoms. The molecule has 1 atom stereocenters. The van der Waals surface area contributed by atoms with E-state index in [1.165, 1.54) is 12.8 Å². The molecule has 0 aliphatic heterocycles. The fourth-order valence-electron chi connectivity index (χ4n) is 3.19. The minimum atomic E-state index is -0.205. The first-order chi connectivity index (χ1) is 14.6. The van der Waals surface area contributed by atoms with Crippen LogP contribution in [0.4, 0.5) is 4.39 Å². The van der Waals surface area contributed by atoms with Gasteiger partial charge in [0.2, 0.25) is 0 Å². The van der Waals surface area contributed by atoms with Gasteiger partial charge in [0.15, 0.2) is 0 Å². The van der Waals surface area contributed by atoms with Gasteiger partial charge in [0.05, 0.1) is 6.10 Å². The highest BCUT2D eigenvalue weighted by atomic mass is 19.1. The molecule has 1 unspecified atom stereocenters. The minimum Gasteiger partial charge on any atom is -0.490 e. The number of allylic oxidation sites excluding steroid dienone is 1. The van der Waals surface area contributed by atoms with Crippen LogP contribution >= 0.6 is 0 Å². The number of rotatable bonds is 14. The molecule has 30 heavy (non-hydrogen) atoms. The molecule has 2 aromatic rings. The predicted molar refractivity (Wildman–Crippen MR) is 125 cm³/mol. The third kappa shape index (κ3) is 8.54. The Morgan fingerprint density at radius 1 is 1.03 bits per heavy atom. The van der Waals surface area contributed by atoms with Gasteiger partial charge < -0.3 is 9.47 Å². The van der Waals surface area contributed by atoms with E-state index in [0.717, 1.165) is 49.2 Å². The zero-order valence-electron chi connectivity index (χ0n) is 18.4. The van der Waals surface area contributed by atoms with E-state index in [0.29, 0.717) is 18.3 Å². The largest absolute Gasteiger partial charge is 0.490 e. The second-order valence-corrected chi connectivity index (χ2v) is 7.58. The SMILES string of the molecule is C=CCOc1ccc(-c2ccc(/C=C/CCCC(C)OCCCCC)c(F)c2)cc1. The summed E-state index contributed by atoms with van der Waals surface area (Å²) < 4.78 is 25.8. The molecule has 0 N–H and O–H groups in total. The first kappa shape index (κ1) is 23.9. The maximum atomic E-state index is 14.5. The van der Waals surface area contributed by atoms with Gasteiger partial charge in [-0.2, -0.15) is 0 Å². The standard InChI is InChI=1S/C27H35FO2/c1-4-6-10-20-29-22(3)11-8-7-9-12-24-13-14-25(21-27(24)28)23-15-17-26(18-16-23)30-19-5-2/h5,9,12-18,21-22H,2,4,6-8,10-11,19-20H2,1,3H3/b12-9+. The number of halogens is 1. The zero-order chi connectivity index (χ0) is 21.6. The third-order valence-corrected chi connectivity index (χ3v) is 4.99. The van der Waals surface area contributed by atoms with Gasteiger partial charge in [0, 0.05) is 12.2 Å². The summed E-state index contributed by atoms with van der Waals surface area (Å²) in [6.07, 6.45) is 12.5. The van der Waals surface area contributed by atoms with E-state index >= 15 is 0 Å². The van der Waals surface area contributed by atoms with Crippen LogP contribution in [0.3, 0.4) is 0 Å². The van der Waals surface area contributed by atoms with Crippen molar-refractivity contribution in [3.8, 4) is 16.9 Å². The van der Waals surface area contributed by atoms with Crippen LogP contribution in [-0.2, 0) is 4.74 Å². The fraction of sp³-hybridized carbons (Fsp3) is 0.407. The molecule has 0 aliphatic rings. The van der Waals surface area contributed by atoms with E-state index in [-0.39, 0.29) is 5.82 Å². The van der Waals surface area contributed by atoms with Crippen LogP contribution in [0.25, 0.3) is 17.2 Å². The highest BCUT2D eigenvalue weighted by molar-refractivity contribution is 5.66. The lowest BCUT2D eigenvalue weighted by atomic mass is 10.0. The Morgan fingerprint density at radius 2 is 1.80 bits per heavy atom. The molecule has 0 bridgehead atoms. The molecule has 2 aromatic carbocycles. The van der Waals surface area contributed by atoms with Crippen molar-refractivity contribution in [2.45, 2.75) is 58.5 Å². The Balaban J connectivity index is 1.80. The summed E-state index contributed by atoms with van der Waals surface area (Å²) in [7, 11) is 0. The molecule has 2 nitrogen and oxygen atoms in total. The Labute approximate surface area is 181 Å². The van der Waals surface area contributed by atoms with E-state index in [1.54, 1.807) is 12.1 Å². The number of unbranched alkanes of at least 4 members (excludes halogenated alkanes) is 3. The highest BCUT2D eigenvalue weighted by Crippen LogP contribution is 2.25. The van der Waals surface area contributed by atoms with Crippen LogP contribution in [-0.4, -0.2) is 19.3 Å². The zero-order valence-corrected chi connectivity index (χ0v) is 18.4. The normalized spacial score (nSPS) is 12.2. The van der Waals surface area contributed by atoms with Crippen LogP contribution in [0.2, 0.25) is 0 Å². The summed E-state index contributed by atoms with van der Waals surface area (Å²) >= 11 is 0. The van der Waals surface area contributed by atoms with Gasteiger partial charge in [-0.15, -0.1) is 0 Å². The maximum Gasteiger partial charge on any atom is 0.131 e. The van der Waals surface area contributed by atoms with Crippen LogP contribution in [0.5, 0.6) is 5.75 Å². The smallest absolute Gasteiger partial charge is 0.131 e. The van der Waals surface area contributed by atoms with Gasteiger partial charge in [0.1, 0.15) is 18.2 Å². The summed E-state index contributed by atoms with van der Waals surface area (Å²) in [5.74, 6) is 0.572. The molecule has 2 rings (SSSR count). The van der Waals surface area contributed by atoms with Crippen molar-refractivity contribution in [3.05, 3.63) is 72.6 Å². The lowest BCUT2D eigenvalue weighted by Crippen LogP contribution is -2.08. The second kappa shape index (κ2) is 13.8. The molecule has 0 saturated carbocycles. The summed E-state index contributed by atoms with van der Waals surface area (Å²) in [4.78, 5) is 0. The first-order valence-electron chi connectivity index (χ1n) is 11.1. The van der Waals surface area contributed by atoms with Gasteiger partial charge in [-0.25, -0.2) is 4.39 Å². The van der Waals surface area contributed by atoms with E-state index in [9.17, 15) is 4.39 Å². The van der Waals surface area contributed by atoms with Crippen molar-refractivity contribution in [1.82, 2.24) is 0 Å². The van der Waals surface area contributed by atoms with Crippen molar-refractivity contribution in [1.29, 1.82) is 0 Å². The molecule has 0 amide bonds. The van der Waals surface area contributed by atoms with Crippen LogP contribution in [0.1, 0.15) is 57.9 Å². The lowest BCUT2D eigenvalue weighted by molar-refractivity contribution is 0.0566. The van der Waals surface area contributed by atoms with Crippen molar-refractivity contribution in [2.24, 2.45) is 0 Å². The van der Waals surface area contributed by atoms with Gasteiger partial charge in [0.25, 0.3) is 0 Å². The molecule has 3 heteroatoms. The number of hydrogen-bond donors (Lipinski definition) is 0. The molecule has 0 heterocycles. The van der Waals surface area contributed by atoms with Crippen molar-refractivity contribution in [2.75, 3.05) is 13.2 Å². The van der Waals surface area contributed by atoms with Gasteiger partial charge in [-0.3, -0.25) is 0 Å².